The Morgan fingerprint density at radius 2 is 1.89 bits per heavy atom. The van der Waals surface area contributed by atoms with Crippen LogP contribution < -0.4 is 10.3 Å². The zero-order valence-electron chi connectivity index (χ0n) is 18.9. The molecule has 0 N–H and O–H groups in total. The van der Waals surface area contributed by atoms with Crippen LogP contribution in [-0.2, 0) is 9.53 Å². The largest absolute Gasteiger partial charge is 0.482 e. The molecule has 35 heavy (non-hydrogen) atoms. The van der Waals surface area contributed by atoms with E-state index in [1.807, 2.05) is 36.4 Å². The van der Waals surface area contributed by atoms with Gasteiger partial charge in [-0.25, -0.2) is 9.78 Å². The number of para-hydroxylation sites is 2. The van der Waals surface area contributed by atoms with Gasteiger partial charge in [-0.15, -0.1) is 0 Å². The molecule has 8 nitrogen and oxygen atoms in total. The molecule has 2 aromatic heterocycles. The topological polar surface area (TPSA) is 95.9 Å². The SMILES string of the molecule is CCOC(=O)COc1cccc(C=Nn2c(-c3cc4ccccc4o3)nc3ccccc3c2=O)c1. The highest BCUT2D eigenvalue weighted by Gasteiger charge is 2.16. The van der Waals surface area contributed by atoms with Crippen molar-refractivity contribution in [3.63, 3.8) is 0 Å². The van der Waals surface area contributed by atoms with E-state index in [9.17, 15) is 9.59 Å². The molecular formula is C27H21N3O5. The number of carbonyl (C=O) groups is 1. The van der Waals surface area contributed by atoms with Crippen LogP contribution in [0.2, 0.25) is 0 Å². The predicted octanol–water partition coefficient (Wildman–Crippen LogP) is 4.63. The third-order valence-electron chi connectivity index (χ3n) is 5.24. The number of esters is 1. The zero-order valence-corrected chi connectivity index (χ0v) is 18.9. The van der Waals surface area contributed by atoms with Crippen molar-refractivity contribution in [1.29, 1.82) is 0 Å². The van der Waals surface area contributed by atoms with Gasteiger partial charge in [0, 0.05) is 5.39 Å². The van der Waals surface area contributed by atoms with Crippen LogP contribution in [0, 0.1) is 0 Å². The summed E-state index contributed by atoms with van der Waals surface area (Å²) in [6, 6.07) is 23.5. The summed E-state index contributed by atoms with van der Waals surface area (Å²) < 4.78 is 17.6. The number of ether oxygens (including phenoxy) is 2. The molecule has 0 aliphatic carbocycles. The number of fused-ring (bicyclic) bond motifs is 2. The Balaban J connectivity index is 1.54. The lowest BCUT2D eigenvalue weighted by molar-refractivity contribution is -0.145. The first-order chi connectivity index (χ1) is 17.1. The van der Waals surface area contributed by atoms with Crippen LogP contribution >= 0.6 is 0 Å². The van der Waals surface area contributed by atoms with Crippen LogP contribution in [0.1, 0.15) is 12.5 Å². The maximum absolute atomic E-state index is 13.4. The third-order valence-corrected chi connectivity index (χ3v) is 5.24. The minimum absolute atomic E-state index is 0.196. The second-order valence-electron chi connectivity index (χ2n) is 7.63. The first kappa shape index (κ1) is 22.1. The lowest BCUT2D eigenvalue weighted by Gasteiger charge is -2.08. The fourth-order valence-electron chi connectivity index (χ4n) is 3.64. The van der Waals surface area contributed by atoms with Gasteiger partial charge in [-0.1, -0.05) is 42.5 Å². The van der Waals surface area contributed by atoms with Crippen molar-refractivity contribution < 1.29 is 18.7 Å². The van der Waals surface area contributed by atoms with Crippen molar-refractivity contribution in [2.24, 2.45) is 5.10 Å². The van der Waals surface area contributed by atoms with Gasteiger partial charge in [0.1, 0.15) is 11.3 Å². The van der Waals surface area contributed by atoms with Crippen LogP contribution in [0.5, 0.6) is 5.75 Å². The van der Waals surface area contributed by atoms with E-state index >= 15 is 0 Å². The molecule has 0 atom stereocenters. The lowest BCUT2D eigenvalue weighted by atomic mass is 10.2. The standard InChI is InChI=1S/C27H21N3O5/c1-2-33-25(31)17-34-20-10-7-8-18(14-20)16-28-30-26(24-15-19-9-3-6-13-23(19)35-24)29-22-12-5-4-11-21(22)27(30)32/h3-16H,2,17H2,1H3. The van der Waals surface area contributed by atoms with E-state index in [0.717, 1.165) is 5.39 Å². The minimum Gasteiger partial charge on any atom is -0.482 e. The Hall–Kier alpha value is -4.72. The molecule has 0 aliphatic heterocycles. The smallest absolute Gasteiger partial charge is 0.344 e. The second kappa shape index (κ2) is 9.64. The first-order valence-corrected chi connectivity index (χ1v) is 11.1. The highest BCUT2D eigenvalue weighted by molar-refractivity contribution is 5.85. The fourth-order valence-corrected chi connectivity index (χ4v) is 3.64. The maximum atomic E-state index is 13.4. The molecule has 0 aliphatic rings. The summed E-state index contributed by atoms with van der Waals surface area (Å²) in [7, 11) is 0. The molecule has 0 saturated heterocycles. The van der Waals surface area contributed by atoms with Crippen molar-refractivity contribution >= 4 is 34.1 Å². The Kier molecular flexibility index (Phi) is 6.09. The van der Waals surface area contributed by atoms with Crippen LogP contribution in [0.25, 0.3) is 33.5 Å². The Bertz CT molecular complexity index is 1580. The summed E-state index contributed by atoms with van der Waals surface area (Å²) in [6.45, 7) is 1.83. The average molecular weight is 467 g/mol. The van der Waals surface area contributed by atoms with E-state index in [0.29, 0.717) is 33.6 Å². The quantitative estimate of drug-likeness (QED) is 0.256. The zero-order chi connectivity index (χ0) is 24.2. The van der Waals surface area contributed by atoms with Gasteiger partial charge in [-0.3, -0.25) is 4.79 Å². The number of carbonyl (C=O) groups excluding carboxylic acids is 1. The number of nitrogens with zero attached hydrogens (tertiary/aromatic N) is 3. The number of rotatable bonds is 7. The molecule has 5 aromatic rings. The number of furan rings is 1. The predicted molar refractivity (Wildman–Crippen MR) is 133 cm³/mol. The van der Waals surface area contributed by atoms with Crippen molar-refractivity contribution in [3.8, 4) is 17.3 Å². The van der Waals surface area contributed by atoms with Crippen LogP contribution in [0.3, 0.4) is 0 Å². The Morgan fingerprint density at radius 1 is 1.06 bits per heavy atom. The summed E-state index contributed by atoms with van der Waals surface area (Å²) >= 11 is 0. The highest BCUT2D eigenvalue weighted by atomic mass is 16.6. The maximum Gasteiger partial charge on any atom is 0.344 e. The van der Waals surface area contributed by atoms with Gasteiger partial charge in [0.25, 0.3) is 5.56 Å². The second-order valence-corrected chi connectivity index (χ2v) is 7.63. The summed E-state index contributed by atoms with van der Waals surface area (Å²) in [4.78, 5) is 29.6. The summed E-state index contributed by atoms with van der Waals surface area (Å²) in [5.74, 6) is 0.743. The molecule has 174 valence electrons. The van der Waals surface area contributed by atoms with Gasteiger partial charge in [0.15, 0.2) is 12.4 Å². The van der Waals surface area contributed by atoms with Crippen molar-refractivity contribution in [2.75, 3.05) is 13.2 Å². The van der Waals surface area contributed by atoms with Crippen molar-refractivity contribution in [3.05, 3.63) is 94.8 Å². The molecule has 0 unspecified atom stereocenters. The highest BCUT2D eigenvalue weighted by Crippen LogP contribution is 2.27. The molecule has 0 radical (unpaired) electrons. The molecule has 3 aromatic carbocycles. The van der Waals surface area contributed by atoms with Gasteiger partial charge in [-0.05, 0) is 48.9 Å². The van der Waals surface area contributed by atoms with Gasteiger partial charge in [0.05, 0.1) is 23.7 Å². The molecule has 8 heteroatoms. The van der Waals surface area contributed by atoms with E-state index in [-0.39, 0.29) is 24.6 Å². The molecule has 0 amide bonds. The van der Waals surface area contributed by atoms with E-state index in [2.05, 4.69) is 10.1 Å². The van der Waals surface area contributed by atoms with E-state index < -0.39 is 5.97 Å². The lowest BCUT2D eigenvalue weighted by Crippen LogP contribution is -2.20. The number of aromatic nitrogens is 2. The van der Waals surface area contributed by atoms with E-state index in [1.54, 1.807) is 49.4 Å². The fraction of sp³-hybridized carbons (Fsp3) is 0.111. The summed E-state index contributed by atoms with van der Waals surface area (Å²) in [5, 5.41) is 5.78. The number of hydrogen-bond acceptors (Lipinski definition) is 7. The van der Waals surface area contributed by atoms with Crippen LogP contribution in [0.4, 0.5) is 0 Å². The molecule has 0 saturated carbocycles. The van der Waals surface area contributed by atoms with Crippen LogP contribution in [-0.4, -0.2) is 35.1 Å². The summed E-state index contributed by atoms with van der Waals surface area (Å²) in [6.07, 6.45) is 1.53. The minimum atomic E-state index is -0.448. The molecule has 2 heterocycles. The number of hydrogen-bond donors (Lipinski definition) is 0. The molecular weight excluding hydrogens is 446 g/mol. The average Bonchev–Trinajstić information content (AvgIpc) is 3.32. The number of benzene rings is 3. The van der Waals surface area contributed by atoms with E-state index in [1.165, 1.54) is 10.9 Å². The monoisotopic (exact) mass is 467 g/mol. The molecule has 0 bridgehead atoms. The molecule has 0 fully saturated rings. The van der Waals surface area contributed by atoms with Gasteiger partial charge < -0.3 is 13.9 Å². The van der Waals surface area contributed by atoms with Crippen molar-refractivity contribution in [2.45, 2.75) is 6.92 Å². The normalized spacial score (nSPS) is 11.3. The summed E-state index contributed by atoms with van der Waals surface area (Å²) in [5.41, 5.74) is 1.58. The Morgan fingerprint density at radius 3 is 2.74 bits per heavy atom. The molecule has 5 rings (SSSR count). The van der Waals surface area contributed by atoms with Crippen LogP contribution in [0.15, 0.2) is 93.2 Å². The third kappa shape index (κ3) is 4.67. The van der Waals surface area contributed by atoms with Gasteiger partial charge in [-0.2, -0.15) is 9.78 Å². The van der Waals surface area contributed by atoms with Gasteiger partial charge >= 0.3 is 5.97 Å². The van der Waals surface area contributed by atoms with Gasteiger partial charge in [0.2, 0.25) is 5.82 Å². The Labute approximate surface area is 200 Å². The van der Waals surface area contributed by atoms with E-state index in [4.69, 9.17) is 13.9 Å². The van der Waals surface area contributed by atoms with Crippen molar-refractivity contribution in [1.82, 2.24) is 9.66 Å². The molecule has 0 spiro atoms. The first-order valence-electron chi connectivity index (χ1n) is 11.1.